The van der Waals surface area contributed by atoms with Gasteiger partial charge in [-0.15, -0.1) is 0 Å². The molecule has 0 aliphatic rings. The van der Waals surface area contributed by atoms with Crippen LogP contribution in [0.1, 0.15) is 62.4 Å². The van der Waals surface area contributed by atoms with Crippen LogP contribution in [0, 0.1) is 0 Å². The lowest BCUT2D eigenvalue weighted by Gasteiger charge is -2.08. The third-order valence-corrected chi connectivity index (χ3v) is 3.39. The number of carbonyl (C=O) groups excluding carboxylic acids is 1. The van der Waals surface area contributed by atoms with Crippen LogP contribution in [0.2, 0.25) is 0 Å². The Morgan fingerprint density at radius 2 is 1.90 bits per heavy atom. The molecule has 2 N–H and O–H groups in total. The fraction of sp³-hybridized carbons (Fsp3) is 0.625. The van der Waals surface area contributed by atoms with Crippen LogP contribution in [0.4, 0.5) is 0 Å². The molecule has 0 saturated heterocycles. The van der Waals surface area contributed by atoms with Crippen LogP contribution < -0.4 is 10.1 Å². The van der Waals surface area contributed by atoms with Crippen molar-refractivity contribution in [2.24, 2.45) is 0 Å². The van der Waals surface area contributed by atoms with Gasteiger partial charge < -0.3 is 15.2 Å². The molecule has 0 aliphatic heterocycles. The number of methoxy groups -OCH3 is 1. The molecule has 0 unspecified atom stereocenters. The smallest absolute Gasteiger partial charge is 0.273 e. The highest BCUT2D eigenvalue weighted by atomic mass is 16.5. The predicted octanol–water partition coefficient (Wildman–Crippen LogP) is 3.28. The van der Waals surface area contributed by atoms with Gasteiger partial charge in [-0.3, -0.25) is 4.79 Å². The Morgan fingerprint density at radius 1 is 1.24 bits per heavy atom. The summed E-state index contributed by atoms with van der Waals surface area (Å²) in [6.45, 7) is 2.81. The van der Waals surface area contributed by atoms with Crippen LogP contribution in [-0.4, -0.2) is 29.7 Å². The van der Waals surface area contributed by atoms with Crippen LogP contribution in [0.5, 0.6) is 11.5 Å². The summed E-state index contributed by atoms with van der Waals surface area (Å²) >= 11 is 0. The SMILES string of the molecule is CCCCCCCCCNC(=O)c1nccc(OC)c1O. The third-order valence-electron chi connectivity index (χ3n) is 3.39. The molecular formula is C16H26N2O3. The molecule has 1 aromatic heterocycles. The first-order valence-electron chi connectivity index (χ1n) is 7.70. The van der Waals surface area contributed by atoms with Crippen molar-refractivity contribution >= 4 is 5.91 Å². The van der Waals surface area contributed by atoms with Gasteiger partial charge in [0.05, 0.1) is 7.11 Å². The predicted molar refractivity (Wildman–Crippen MR) is 82.8 cm³/mol. The molecule has 21 heavy (non-hydrogen) atoms. The van der Waals surface area contributed by atoms with E-state index in [1.165, 1.54) is 51.5 Å². The number of aromatic hydroxyl groups is 1. The van der Waals surface area contributed by atoms with Gasteiger partial charge in [-0.05, 0) is 6.42 Å². The van der Waals surface area contributed by atoms with Crippen LogP contribution in [-0.2, 0) is 0 Å². The van der Waals surface area contributed by atoms with Crippen LogP contribution in [0.25, 0.3) is 0 Å². The molecule has 5 nitrogen and oxygen atoms in total. The summed E-state index contributed by atoms with van der Waals surface area (Å²) in [5.74, 6) is -0.319. The first-order valence-corrected chi connectivity index (χ1v) is 7.70. The van der Waals surface area contributed by atoms with E-state index in [1.807, 2.05) is 0 Å². The lowest BCUT2D eigenvalue weighted by atomic mass is 10.1. The van der Waals surface area contributed by atoms with E-state index in [2.05, 4.69) is 17.2 Å². The molecule has 1 rings (SSSR count). The molecule has 0 atom stereocenters. The second-order valence-electron chi connectivity index (χ2n) is 5.09. The quantitative estimate of drug-likeness (QED) is 0.650. The van der Waals surface area contributed by atoms with Gasteiger partial charge in [-0.2, -0.15) is 0 Å². The number of rotatable bonds is 10. The van der Waals surface area contributed by atoms with E-state index in [0.29, 0.717) is 6.54 Å². The summed E-state index contributed by atoms with van der Waals surface area (Å²) in [7, 11) is 1.44. The van der Waals surface area contributed by atoms with Crippen LogP contribution >= 0.6 is 0 Å². The number of carbonyl (C=O) groups is 1. The van der Waals surface area contributed by atoms with Gasteiger partial charge in [0, 0.05) is 18.8 Å². The van der Waals surface area contributed by atoms with Gasteiger partial charge in [0.25, 0.3) is 5.91 Å². The van der Waals surface area contributed by atoms with E-state index in [9.17, 15) is 9.90 Å². The van der Waals surface area contributed by atoms with Crippen molar-refractivity contribution in [2.75, 3.05) is 13.7 Å². The summed E-state index contributed by atoms with van der Waals surface area (Å²) < 4.78 is 4.96. The van der Waals surface area contributed by atoms with Crippen molar-refractivity contribution < 1.29 is 14.6 Å². The van der Waals surface area contributed by atoms with Crippen molar-refractivity contribution in [1.82, 2.24) is 10.3 Å². The van der Waals surface area contributed by atoms with E-state index in [4.69, 9.17) is 4.74 Å². The average Bonchev–Trinajstić information content (AvgIpc) is 2.50. The Labute approximate surface area is 126 Å². The zero-order valence-electron chi connectivity index (χ0n) is 13.0. The minimum Gasteiger partial charge on any atom is -0.503 e. The summed E-state index contributed by atoms with van der Waals surface area (Å²) in [4.78, 5) is 15.8. The summed E-state index contributed by atoms with van der Waals surface area (Å²) in [5.41, 5.74) is 0.0114. The van der Waals surface area contributed by atoms with Crippen LogP contribution in [0.3, 0.4) is 0 Å². The standard InChI is InChI=1S/C16H26N2O3/c1-3-4-5-6-7-8-9-11-18-16(20)14-15(19)13(21-2)10-12-17-14/h10,12,19H,3-9,11H2,1-2H3,(H,18,20). The number of aromatic nitrogens is 1. The summed E-state index contributed by atoms with van der Waals surface area (Å²) in [6, 6.07) is 1.52. The first kappa shape index (κ1) is 17.3. The highest BCUT2D eigenvalue weighted by Gasteiger charge is 2.15. The summed E-state index contributed by atoms with van der Waals surface area (Å²) in [6.07, 6.45) is 9.83. The fourth-order valence-electron chi connectivity index (χ4n) is 2.13. The van der Waals surface area contributed by atoms with Gasteiger partial charge in [-0.25, -0.2) is 4.98 Å². The number of ether oxygens (including phenoxy) is 1. The molecule has 118 valence electrons. The minimum absolute atomic E-state index is 0.0114. The van der Waals surface area contributed by atoms with Crippen molar-refractivity contribution in [2.45, 2.75) is 51.9 Å². The number of amides is 1. The molecular weight excluding hydrogens is 268 g/mol. The number of pyridine rings is 1. The number of unbranched alkanes of at least 4 members (excludes halogenated alkanes) is 6. The molecule has 0 aliphatic carbocycles. The zero-order valence-corrected chi connectivity index (χ0v) is 13.0. The molecule has 1 aromatic rings. The molecule has 1 amide bonds. The Morgan fingerprint density at radius 3 is 2.57 bits per heavy atom. The molecule has 0 aromatic carbocycles. The molecule has 0 bridgehead atoms. The van der Waals surface area contributed by atoms with Crippen LogP contribution in [0.15, 0.2) is 12.3 Å². The van der Waals surface area contributed by atoms with Crippen molar-refractivity contribution in [3.05, 3.63) is 18.0 Å². The van der Waals surface area contributed by atoms with Crippen molar-refractivity contribution in [1.29, 1.82) is 0 Å². The van der Waals surface area contributed by atoms with Gasteiger partial charge in [0.2, 0.25) is 0 Å². The Kier molecular flexibility index (Phi) is 8.24. The van der Waals surface area contributed by atoms with Crippen molar-refractivity contribution in [3.63, 3.8) is 0 Å². The normalized spacial score (nSPS) is 10.4. The van der Waals surface area contributed by atoms with E-state index in [-0.39, 0.29) is 23.1 Å². The lowest BCUT2D eigenvalue weighted by Crippen LogP contribution is -2.25. The molecule has 0 fully saturated rings. The maximum atomic E-state index is 11.9. The molecule has 0 saturated carbocycles. The monoisotopic (exact) mass is 294 g/mol. The third kappa shape index (κ3) is 6.02. The number of hydrogen-bond acceptors (Lipinski definition) is 4. The number of nitrogens with one attached hydrogen (secondary N) is 1. The van der Waals surface area contributed by atoms with Crippen molar-refractivity contribution in [3.8, 4) is 11.5 Å². The van der Waals surface area contributed by atoms with E-state index >= 15 is 0 Å². The van der Waals surface area contributed by atoms with Gasteiger partial charge >= 0.3 is 0 Å². The Bertz CT molecular complexity index is 436. The van der Waals surface area contributed by atoms with Gasteiger partial charge in [0.1, 0.15) is 0 Å². The summed E-state index contributed by atoms with van der Waals surface area (Å²) in [5, 5.41) is 12.6. The number of nitrogens with zero attached hydrogens (tertiary/aromatic N) is 1. The minimum atomic E-state index is -0.364. The first-order chi connectivity index (χ1) is 10.2. The maximum absolute atomic E-state index is 11.9. The topological polar surface area (TPSA) is 71.5 Å². The largest absolute Gasteiger partial charge is 0.503 e. The lowest BCUT2D eigenvalue weighted by molar-refractivity contribution is 0.0944. The molecule has 0 radical (unpaired) electrons. The maximum Gasteiger partial charge on any atom is 0.273 e. The van der Waals surface area contributed by atoms with Gasteiger partial charge in [-0.1, -0.05) is 45.4 Å². The second kappa shape index (κ2) is 10.0. The molecule has 0 spiro atoms. The number of hydrogen-bond donors (Lipinski definition) is 2. The Hall–Kier alpha value is -1.78. The molecule has 5 heteroatoms. The van der Waals surface area contributed by atoms with Gasteiger partial charge in [0.15, 0.2) is 17.2 Å². The highest BCUT2D eigenvalue weighted by Crippen LogP contribution is 2.27. The average molecular weight is 294 g/mol. The fourth-order valence-corrected chi connectivity index (χ4v) is 2.13. The van der Waals surface area contributed by atoms with E-state index < -0.39 is 0 Å². The Balaban J connectivity index is 2.25. The van der Waals surface area contributed by atoms with E-state index in [0.717, 1.165) is 12.8 Å². The zero-order chi connectivity index (χ0) is 15.5. The molecule has 1 heterocycles. The second-order valence-corrected chi connectivity index (χ2v) is 5.09. The highest BCUT2D eigenvalue weighted by molar-refractivity contribution is 5.95. The van der Waals surface area contributed by atoms with E-state index in [1.54, 1.807) is 0 Å².